The summed E-state index contributed by atoms with van der Waals surface area (Å²) in [5, 5.41) is 10.1. The lowest BCUT2D eigenvalue weighted by molar-refractivity contribution is -0.870. The topological polar surface area (TPSA) is 131 Å². The van der Waals surface area contributed by atoms with Crippen molar-refractivity contribution >= 4 is 19.8 Å². The Morgan fingerprint density at radius 1 is 0.649 bits per heavy atom. The summed E-state index contributed by atoms with van der Waals surface area (Å²) in [6.07, 6.45) is 43.6. The number of phosphoric acid groups is 1. The van der Waals surface area contributed by atoms with Crippen molar-refractivity contribution in [3.63, 3.8) is 0 Å². The number of esters is 2. The van der Waals surface area contributed by atoms with Crippen molar-refractivity contribution < 1.29 is 47.2 Å². The minimum atomic E-state index is -4.67. The van der Waals surface area contributed by atoms with Gasteiger partial charge < -0.3 is 33.0 Å². The van der Waals surface area contributed by atoms with E-state index in [1.165, 1.54) is 38.5 Å². The van der Waals surface area contributed by atoms with E-state index in [1.807, 2.05) is 39.4 Å². The quantitative estimate of drug-likeness (QED) is 0.0162. The lowest BCUT2D eigenvalue weighted by Crippen LogP contribution is -2.37. The molecule has 0 aromatic heterocycles. The molecule has 0 rings (SSSR count). The fraction of sp³-hybridized carbons (Fsp3) is 0.652. The van der Waals surface area contributed by atoms with E-state index >= 15 is 0 Å². The zero-order valence-electron chi connectivity index (χ0n) is 36.1. The average Bonchev–Trinajstić information content (AvgIpc) is 3.15. The van der Waals surface area contributed by atoms with Crippen molar-refractivity contribution in [2.45, 2.75) is 148 Å². The molecule has 0 aromatic rings. The van der Waals surface area contributed by atoms with Gasteiger partial charge in [0.15, 0.2) is 6.10 Å². The highest BCUT2D eigenvalue weighted by Crippen LogP contribution is 2.38. The van der Waals surface area contributed by atoms with E-state index in [-0.39, 0.29) is 26.1 Å². The van der Waals surface area contributed by atoms with Crippen LogP contribution in [0.5, 0.6) is 0 Å². The molecule has 0 saturated heterocycles. The fourth-order valence-electron chi connectivity index (χ4n) is 5.03. The number of quaternary nitrogens is 1. The first-order valence-corrected chi connectivity index (χ1v) is 22.9. The number of ether oxygens (including phenoxy) is 2. The molecule has 0 spiro atoms. The van der Waals surface area contributed by atoms with Crippen LogP contribution in [0.2, 0.25) is 0 Å². The van der Waals surface area contributed by atoms with Gasteiger partial charge in [-0.15, -0.1) is 0 Å². The van der Waals surface area contributed by atoms with Crippen LogP contribution in [-0.4, -0.2) is 81.2 Å². The predicted molar refractivity (Wildman–Crippen MR) is 232 cm³/mol. The molecule has 0 amide bonds. The molecule has 0 aliphatic rings. The molecule has 0 fully saturated rings. The summed E-state index contributed by atoms with van der Waals surface area (Å²) in [6, 6.07) is 0. The second kappa shape index (κ2) is 37.4. The van der Waals surface area contributed by atoms with Gasteiger partial charge in [-0.05, 0) is 83.5 Å². The number of nitrogens with zero attached hydrogens (tertiary/aromatic N) is 1. The van der Waals surface area contributed by atoms with Crippen molar-refractivity contribution in [3.8, 4) is 0 Å². The number of hydrogen-bond acceptors (Lipinski definition) is 9. The van der Waals surface area contributed by atoms with Crippen LogP contribution in [0.15, 0.2) is 85.1 Å². The van der Waals surface area contributed by atoms with Gasteiger partial charge in [-0.25, -0.2) is 0 Å². The Labute approximate surface area is 346 Å². The number of carbonyl (C=O) groups excluding carboxylic acids is 2. The largest absolute Gasteiger partial charge is 0.756 e. The van der Waals surface area contributed by atoms with E-state index in [4.69, 9.17) is 18.5 Å². The Hall–Kier alpha value is -2.85. The summed E-state index contributed by atoms with van der Waals surface area (Å²) >= 11 is 0. The van der Waals surface area contributed by atoms with Crippen molar-refractivity contribution in [2.75, 3.05) is 47.5 Å². The maximum atomic E-state index is 12.6. The summed E-state index contributed by atoms with van der Waals surface area (Å²) in [7, 11) is 1.04. The number of aliphatic hydroxyl groups excluding tert-OH is 1. The molecule has 0 bridgehead atoms. The van der Waals surface area contributed by atoms with Gasteiger partial charge in [0.1, 0.15) is 19.8 Å². The molecule has 0 aromatic carbocycles. The molecular weight excluding hydrogens is 741 g/mol. The summed E-state index contributed by atoms with van der Waals surface area (Å²) in [5.41, 5.74) is 0. The third-order valence-electron chi connectivity index (χ3n) is 8.47. The molecule has 0 radical (unpaired) electrons. The summed E-state index contributed by atoms with van der Waals surface area (Å²) < 4.78 is 33.7. The molecule has 57 heavy (non-hydrogen) atoms. The summed E-state index contributed by atoms with van der Waals surface area (Å²) in [4.78, 5) is 37.5. The first-order chi connectivity index (χ1) is 27.4. The van der Waals surface area contributed by atoms with E-state index in [0.717, 1.165) is 44.9 Å². The number of carbonyl (C=O) groups is 2. The standard InChI is InChI=1S/C46H78NO9P/c1-6-8-10-12-14-16-17-18-19-20-21-23-25-29-33-37-45(49)53-41-44(42-55-57(51,52)54-40-39-47(3,4)5)56-46(50)38-34-30-26-28-32-36-43(48)35-31-27-24-22-15-13-11-9-7-2/h14-16,18-19,21-23,26-28,31-32,36,43-44,48H,6-13,17,20,24-25,29-30,33-35,37-42H2,1-5H3/b16-14-,19-18-,22-15-,23-21-,28-26+,31-27-,36-32-/t43?,44-/m1/s1. The lowest BCUT2D eigenvalue weighted by Gasteiger charge is -2.28. The van der Waals surface area contributed by atoms with Gasteiger partial charge in [0, 0.05) is 12.8 Å². The van der Waals surface area contributed by atoms with Gasteiger partial charge >= 0.3 is 11.9 Å². The van der Waals surface area contributed by atoms with E-state index < -0.39 is 38.6 Å². The Kier molecular flexibility index (Phi) is 35.6. The Morgan fingerprint density at radius 2 is 1.18 bits per heavy atom. The number of unbranched alkanes of at least 4 members (excludes halogenated alkanes) is 9. The van der Waals surface area contributed by atoms with Crippen LogP contribution in [0, 0.1) is 0 Å². The second-order valence-corrected chi connectivity index (χ2v) is 16.6. The van der Waals surface area contributed by atoms with Gasteiger partial charge in [-0.3, -0.25) is 14.2 Å². The van der Waals surface area contributed by atoms with Crippen molar-refractivity contribution in [2.24, 2.45) is 0 Å². The number of hydrogen-bond donors (Lipinski definition) is 1. The first-order valence-electron chi connectivity index (χ1n) is 21.4. The van der Waals surface area contributed by atoms with Crippen molar-refractivity contribution in [1.29, 1.82) is 0 Å². The van der Waals surface area contributed by atoms with Crippen LogP contribution in [0.25, 0.3) is 0 Å². The smallest absolute Gasteiger partial charge is 0.306 e. The number of rotatable bonds is 37. The van der Waals surface area contributed by atoms with Gasteiger partial charge in [0.2, 0.25) is 0 Å². The number of allylic oxidation sites excluding steroid dienone is 12. The van der Waals surface area contributed by atoms with Crippen LogP contribution >= 0.6 is 7.82 Å². The van der Waals surface area contributed by atoms with Gasteiger partial charge in [-0.2, -0.15) is 0 Å². The molecule has 2 unspecified atom stereocenters. The molecular formula is C46H78NO9P. The molecule has 0 aliphatic carbocycles. The Morgan fingerprint density at radius 3 is 1.75 bits per heavy atom. The van der Waals surface area contributed by atoms with E-state index in [0.29, 0.717) is 36.7 Å². The van der Waals surface area contributed by atoms with Crippen LogP contribution in [-0.2, 0) is 32.7 Å². The molecule has 10 nitrogen and oxygen atoms in total. The molecule has 1 N–H and O–H groups in total. The number of aliphatic hydroxyl groups is 1. The van der Waals surface area contributed by atoms with Crippen LogP contribution in [0.3, 0.4) is 0 Å². The molecule has 326 valence electrons. The van der Waals surface area contributed by atoms with Crippen LogP contribution < -0.4 is 4.89 Å². The third-order valence-corrected chi connectivity index (χ3v) is 9.43. The highest BCUT2D eigenvalue weighted by atomic mass is 31.2. The molecule has 3 atom stereocenters. The highest BCUT2D eigenvalue weighted by Gasteiger charge is 2.21. The van der Waals surface area contributed by atoms with Crippen molar-refractivity contribution in [3.05, 3.63) is 85.1 Å². The van der Waals surface area contributed by atoms with Gasteiger partial charge in [0.05, 0.1) is 33.9 Å². The van der Waals surface area contributed by atoms with Gasteiger partial charge in [0.25, 0.3) is 7.82 Å². The molecule has 0 aliphatic heterocycles. The normalized spacial score (nSPS) is 15.0. The van der Waals surface area contributed by atoms with Crippen LogP contribution in [0.4, 0.5) is 0 Å². The zero-order chi connectivity index (χ0) is 42.3. The Bertz CT molecular complexity index is 1260. The molecule has 11 heteroatoms. The fourth-order valence-corrected chi connectivity index (χ4v) is 5.75. The highest BCUT2D eigenvalue weighted by molar-refractivity contribution is 7.45. The lowest BCUT2D eigenvalue weighted by atomic mass is 10.1. The molecule has 0 saturated carbocycles. The summed E-state index contributed by atoms with van der Waals surface area (Å²) in [6.45, 7) is 3.92. The number of likely N-dealkylation sites (N-methyl/N-ethyl adjacent to an activating group) is 1. The minimum Gasteiger partial charge on any atom is -0.756 e. The van der Waals surface area contributed by atoms with E-state index in [9.17, 15) is 24.2 Å². The first kappa shape index (κ1) is 54.2. The van der Waals surface area contributed by atoms with Crippen molar-refractivity contribution in [1.82, 2.24) is 0 Å². The van der Waals surface area contributed by atoms with E-state index in [2.05, 4.69) is 68.5 Å². The summed E-state index contributed by atoms with van der Waals surface area (Å²) in [5.74, 6) is -1.02. The Balaban J connectivity index is 4.66. The SMILES string of the molecule is CCCCC/C=C\C/C=C\C/C=C\CCCCC(=O)OC[C@H](COP(=O)([O-])OCC[N+](C)(C)C)OC(=O)CCC/C=C/C=C\C(O)C/C=C\C/C=C\CCCCC. The third kappa shape index (κ3) is 41.1. The maximum Gasteiger partial charge on any atom is 0.306 e. The monoisotopic (exact) mass is 820 g/mol. The van der Waals surface area contributed by atoms with E-state index in [1.54, 1.807) is 12.2 Å². The predicted octanol–water partition coefficient (Wildman–Crippen LogP) is 10.4. The zero-order valence-corrected chi connectivity index (χ0v) is 37.0. The second-order valence-electron chi connectivity index (χ2n) is 15.2. The average molecular weight is 820 g/mol. The number of phosphoric ester groups is 1. The van der Waals surface area contributed by atoms with Crippen LogP contribution in [0.1, 0.15) is 136 Å². The van der Waals surface area contributed by atoms with Gasteiger partial charge in [-0.1, -0.05) is 125 Å². The minimum absolute atomic E-state index is 0.0672. The maximum absolute atomic E-state index is 12.6. The molecule has 0 heterocycles.